The van der Waals surface area contributed by atoms with Crippen LogP contribution in [0.4, 0.5) is 18.9 Å². The predicted octanol–water partition coefficient (Wildman–Crippen LogP) is 12.7. The van der Waals surface area contributed by atoms with Crippen LogP contribution in [0.1, 0.15) is 126 Å². The minimum absolute atomic E-state index is 0.0512. The normalized spacial score (nSPS) is 9.85. The molecule has 0 saturated heterocycles. The third-order valence-electron chi connectivity index (χ3n) is 6.88. The van der Waals surface area contributed by atoms with Gasteiger partial charge in [-0.2, -0.15) is 0 Å². The van der Waals surface area contributed by atoms with E-state index in [9.17, 15) is 13.2 Å². The lowest BCUT2D eigenvalue weighted by atomic mass is 9.94. The summed E-state index contributed by atoms with van der Waals surface area (Å²) in [5.41, 5.74) is 19.8. The van der Waals surface area contributed by atoms with Crippen LogP contribution in [0.5, 0.6) is 0 Å². The van der Waals surface area contributed by atoms with Gasteiger partial charge in [0.15, 0.2) is 0 Å². The van der Waals surface area contributed by atoms with Gasteiger partial charge in [0, 0.05) is 47.7 Å². The molecule has 0 aliphatic rings. The minimum atomic E-state index is -2.35. The van der Waals surface area contributed by atoms with Gasteiger partial charge in [0.05, 0.1) is 12.4 Å². The highest BCUT2D eigenvalue weighted by Crippen LogP contribution is 2.31. The summed E-state index contributed by atoms with van der Waals surface area (Å²) in [6, 6.07) is 11.7. The van der Waals surface area contributed by atoms with E-state index in [4.69, 9.17) is 15.8 Å². The molecule has 6 N–H and O–H groups in total. The van der Waals surface area contributed by atoms with Gasteiger partial charge in [0.1, 0.15) is 5.82 Å². The Labute approximate surface area is 335 Å². The first kappa shape index (κ1) is 60.1. The zero-order valence-corrected chi connectivity index (χ0v) is 36.8. The Balaban J connectivity index is -0.000000227. The SMILES string of the molecule is C=C.C=CC(F)F.C=CN.CC.CC.CCC.CCCC(CNCO)c1cc(C)c(C)c(-c2cccc(C)c2F)n1.CCCN=Cc1cc(C)cc(C)c1N. The van der Waals surface area contributed by atoms with Gasteiger partial charge in [-0.3, -0.25) is 15.3 Å². The Bertz CT molecular complexity index is 1410. The van der Waals surface area contributed by atoms with Crippen molar-refractivity contribution >= 4 is 11.9 Å². The van der Waals surface area contributed by atoms with Gasteiger partial charge in [-0.05, 0) is 100 Å². The summed E-state index contributed by atoms with van der Waals surface area (Å²) in [6.45, 7) is 39.8. The number of nitrogen functional groups attached to an aromatic ring is 1. The number of hydrogen-bond acceptors (Lipinski definition) is 6. The molecule has 1 aromatic heterocycles. The molecule has 1 atom stereocenters. The monoisotopic (exact) mass is 774 g/mol. The highest BCUT2D eigenvalue weighted by atomic mass is 19.3. The molecule has 3 rings (SSSR count). The van der Waals surface area contributed by atoms with Crippen LogP contribution in [0.2, 0.25) is 0 Å². The number of hydrogen-bond donors (Lipinski definition) is 4. The average molecular weight is 774 g/mol. The molecule has 314 valence electrons. The molecule has 1 unspecified atom stereocenters. The lowest BCUT2D eigenvalue weighted by molar-refractivity contribution is 0.204. The first-order valence-corrected chi connectivity index (χ1v) is 19.4. The summed E-state index contributed by atoms with van der Waals surface area (Å²) in [6.07, 6.45) is 5.67. The Morgan fingerprint density at radius 3 is 1.87 bits per heavy atom. The highest BCUT2D eigenvalue weighted by Gasteiger charge is 2.18. The maximum atomic E-state index is 14.6. The first-order valence-electron chi connectivity index (χ1n) is 19.4. The van der Waals surface area contributed by atoms with Gasteiger partial charge in [0.2, 0.25) is 0 Å². The molecule has 9 heteroatoms. The van der Waals surface area contributed by atoms with Crippen molar-refractivity contribution in [3.05, 3.63) is 120 Å². The van der Waals surface area contributed by atoms with Crippen LogP contribution in [-0.2, 0) is 0 Å². The highest BCUT2D eigenvalue weighted by molar-refractivity contribution is 5.88. The van der Waals surface area contributed by atoms with Crippen LogP contribution >= 0.6 is 0 Å². The number of nitrogens with zero attached hydrogens (tertiary/aromatic N) is 2. The number of anilines is 1. The number of benzene rings is 2. The minimum Gasteiger partial charge on any atom is -0.405 e. The van der Waals surface area contributed by atoms with E-state index in [2.05, 4.69) is 95.2 Å². The Hall–Kier alpha value is -4.21. The molecule has 0 aliphatic carbocycles. The van der Waals surface area contributed by atoms with E-state index < -0.39 is 6.43 Å². The van der Waals surface area contributed by atoms with Gasteiger partial charge in [0.25, 0.3) is 6.43 Å². The predicted molar refractivity (Wildman–Crippen MR) is 240 cm³/mol. The molecule has 0 saturated carbocycles. The lowest BCUT2D eigenvalue weighted by Crippen LogP contribution is -2.23. The molecule has 2 aromatic carbocycles. The number of alkyl halides is 2. The fourth-order valence-electron chi connectivity index (χ4n) is 4.42. The second kappa shape index (κ2) is 41.0. The molecule has 0 aliphatic heterocycles. The zero-order valence-electron chi connectivity index (χ0n) is 36.8. The van der Waals surface area contributed by atoms with Crippen LogP contribution in [0, 0.1) is 40.4 Å². The number of nitrogens with one attached hydrogen (secondary N) is 1. The average Bonchev–Trinajstić information content (AvgIpc) is 3.18. The molecule has 3 aromatic rings. The largest absolute Gasteiger partial charge is 0.405 e. The first-order chi connectivity index (χ1) is 26.2. The number of rotatable bonds is 11. The molecule has 6 nitrogen and oxygen atoms in total. The van der Waals surface area contributed by atoms with E-state index in [-0.39, 0.29) is 18.5 Å². The van der Waals surface area contributed by atoms with E-state index in [0.29, 0.717) is 23.7 Å². The van der Waals surface area contributed by atoms with Crippen molar-refractivity contribution in [3.8, 4) is 11.3 Å². The summed E-state index contributed by atoms with van der Waals surface area (Å²) in [7, 11) is 0. The molecular weight excluding hydrogens is 696 g/mol. The molecule has 0 bridgehead atoms. The van der Waals surface area contributed by atoms with Crippen LogP contribution in [0.15, 0.2) is 80.0 Å². The quantitative estimate of drug-likeness (QED) is 0.0671. The topological polar surface area (TPSA) is 110 Å². The summed E-state index contributed by atoms with van der Waals surface area (Å²) in [5, 5.41) is 12.0. The van der Waals surface area contributed by atoms with E-state index in [1.165, 1.54) is 18.2 Å². The van der Waals surface area contributed by atoms with Gasteiger partial charge in [-0.25, -0.2) is 13.2 Å². The number of aliphatic hydroxyl groups is 1. The fourth-order valence-corrected chi connectivity index (χ4v) is 4.42. The molecule has 55 heavy (non-hydrogen) atoms. The Kier molecular flexibility index (Phi) is 44.7. The van der Waals surface area contributed by atoms with Gasteiger partial charge >= 0.3 is 0 Å². The van der Waals surface area contributed by atoms with Gasteiger partial charge < -0.3 is 16.6 Å². The number of aromatic nitrogens is 1. The van der Waals surface area contributed by atoms with E-state index >= 15 is 0 Å². The van der Waals surface area contributed by atoms with Crippen LogP contribution in [0.25, 0.3) is 11.3 Å². The Morgan fingerprint density at radius 1 is 0.891 bits per heavy atom. The smallest absolute Gasteiger partial charge is 0.256 e. The fraction of sp³-hybridized carbons (Fsp3) is 0.478. The number of aliphatic hydroxyl groups excluding tert-OH is 1. The number of allylic oxidation sites excluding steroid dienone is 1. The van der Waals surface area contributed by atoms with Crippen molar-refractivity contribution < 1.29 is 18.3 Å². The Morgan fingerprint density at radius 2 is 1.42 bits per heavy atom. The maximum Gasteiger partial charge on any atom is 0.256 e. The van der Waals surface area contributed by atoms with Crippen molar-refractivity contribution in [1.82, 2.24) is 10.3 Å². The summed E-state index contributed by atoms with van der Waals surface area (Å²) in [4.78, 5) is 9.11. The third kappa shape index (κ3) is 27.9. The molecule has 0 radical (unpaired) electrons. The molecular formula is C46H78F3N5O. The van der Waals surface area contributed by atoms with E-state index in [0.717, 1.165) is 65.1 Å². The maximum absolute atomic E-state index is 14.6. The number of nitrogens with two attached hydrogens (primary N) is 2. The number of pyridine rings is 1. The zero-order chi connectivity index (χ0) is 43.9. The molecule has 0 amide bonds. The summed E-state index contributed by atoms with van der Waals surface area (Å²) in [5.74, 6) is -0.00162. The van der Waals surface area contributed by atoms with Crippen molar-refractivity contribution in [1.29, 1.82) is 0 Å². The van der Waals surface area contributed by atoms with Gasteiger partial charge in [-0.1, -0.05) is 105 Å². The summed E-state index contributed by atoms with van der Waals surface area (Å²) < 4.78 is 35.9. The van der Waals surface area contributed by atoms with Crippen molar-refractivity contribution in [3.63, 3.8) is 0 Å². The van der Waals surface area contributed by atoms with Gasteiger partial charge in [-0.15, -0.1) is 13.2 Å². The van der Waals surface area contributed by atoms with Crippen molar-refractivity contribution in [2.24, 2.45) is 10.7 Å². The van der Waals surface area contributed by atoms with Crippen molar-refractivity contribution in [2.75, 3.05) is 25.6 Å². The third-order valence-corrected chi connectivity index (χ3v) is 6.88. The van der Waals surface area contributed by atoms with Crippen LogP contribution in [0.3, 0.4) is 0 Å². The second-order valence-corrected chi connectivity index (χ2v) is 11.5. The van der Waals surface area contributed by atoms with Crippen LogP contribution in [-0.4, -0.2) is 42.6 Å². The standard InChI is InChI=1S/C20H27FN2O.C12H18N2.C3H4F2.C3H8.C2H5N.2C2H6.C2H4/c1-5-7-16(11-22-12-24)18-10-14(3)15(4)20(23-18)17-9-6-8-13(2)19(17)21;1-4-5-14-8-11-7-9(2)6-10(3)12(11)13;1-2-3(4)5;1-3-2;1-2-3;3*1-2/h6,8-10,16,22,24H,5,7,11-12H2,1-4H3;6-8H,4-5,13H2,1-3H3;2-3H,1H2;3H2,1-2H3;2H,1,3H2;2*1-2H3;1-2H2. The van der Waals surface area contributed by atoms with E-state index in [1.807, 2.05) is 60.7 Å². The molecule has 0 fully saturated rings. The van der Waals surface area contributed by atoms with Crippen molar-refractivity contribution in [2.45, 2.75) is 128 Å². The number of aliphatic imine (C=N–C) groups is 1. The number of halogens is 3. The van der Waals surface area contributed by atoms with Crippen LogP contribution < -0.4 is 16.8 Å². The van der Waals surface area contributed by atoms with E-state index in [1.54, 1.807) is 19.1 Å². The summed E-state index contributed by atoms with van der Waals surface area (Å²) >= 11 is 0. The second-order valence-electron chi connectivity index (χ2n) is 11.5. The molecule has 0 spiro atoms. The number of aryl methyl sites for hydroxylation is 4. The molecule has 1 heterocycles. The lowest BCUT2D eigenvalue weighted by Gasteiger charge is -2.19.